The second-order valence-corrected chi connectivity index (χ2v) is 4.87. The Labute approximate surface area is 58.4 Å². The molecule has 0 bridgehead atoms. The summed E-state index contributed by atoms with van der Waals surface area (Å²) in [5.41, 5.74) is 0. The van der Waals surface area contributed by atoms with Crippen molar-refractivity contribution in [2.24, 2.45) is 0 Å². The molecular formula is C4H7ClO3S. The molecule has 0 aromatic heterocycles. The minimum absolute atomic E-state index is 0.160. The summed E-state index contributed by atoms with van der Waals surface area (Å²) in [6.45, 7) is 0. The SMILES string of the molecule is COC1CC1S(=O)(=O)Cl. The Morgan fingerprint density at radius 1 is 1.67 bits per heavy atom. The topological polar surface area (TPSA) is 43.4 Å². The van der Waals surface area contributed by atoms with E-state index in [9.17, 15) is 8.42 Å². The Hall–Kier alpha value is 0.200. The highest BCUT2D eigenvalue weighted by Crippen LogP contribution is 2.34. The average molecular weight is 171 g/mol. The Morgan fingerprint density at radius 3 is 2.33 bits per heavy atom. The van der Waals surface area contributed by atoms with E-state index >= 15 is 0 Å². The van der Waals surface area contributed by atoms with Gasteiger partial charge in [0.15, 0.2) is 0 Å². The molecule has 2 atom stereocenters. The first kappa shape index (κ1) is 7.31. The molecule has 0 saturated heterocycles. The third-order valence-electron chi connectivity index (χ3n) is 1.34. The molecule has 0 N–H and O–H groups in total. The van der Waals surface area contributed by atoms with E-state index in [2.05, 4.69) is 0 Å². The van der Waals surface area contributed by atoms with Gasteiger partial charge < -0.3 is 4.74 Å². The molecule has 0 radical (unpaired) electrons. The molecular weight excluding hydrogens is 164 g/mol. The number of rotatable bonds is 2. The molecule has 1 rings (SSSR count). The summed E-state index contributed by atoms with van der Waals surface area (Å²) in [6, 6.07) is 0. The zero-order valence-corrected chi connectivity index (χ0v) is 6.45. The maximum Gasteiger partial charge on any atom is 0.238 e. The molecule has 0 aromatic carbocycles. The van der Waals surface area contributed by atoms with E-state index in [1.165, 1.54) is 7.11 Å². The van der Waals surface area contributed by atoms with Crippen LogP contribution in [0.3, 0.4) is 0 Å². The van der Waals surface area contributed by atoms with Gasteiger partial charge >= 0.3 is 0 Å². The summed E-state index contributed by atoms with van der Waals surface area (Å²) in [5.74, 6) is 0. The molecule has 0 spiro atoms. The minimum atomic E-state index is -3.34. The predicted molar refractivity (Wildman–Crippen MR) is 34.0 cm³/mol. The Kier molecular flexibility index (Phi) is 1.71. The van der Waals surface area contributed by atoms with Gasteiger partial charge in [-0.3, -0.25) is 0 Å². The second kappa shape index (κ2) is 2.11. The predicted octanol–water partition coefficient (Wildman–Crippen LogP) is 0.342. The highest BCUT2D eigenvalue weighted by Gasteiger charge is 2.47. The smallest absolute Gasteiger partial charge is 0.238 e. The molecule has 1 aliphatic rings. The van der Waals surface area contributed by atoms with Crippen LogP contribution in [0.1, 0.15) is 6.42 Å². The number of methoxy groups -OCH3 is 1. The normalized spacial score (nSPS) is 34.4. The second-order valence-electron chi connectivity index (χ2n) is 2.02. The standard InChI is InChI=1S/C4H7ClO3S/c1-8-3-2-4(3)9(5,6)7/h3-4H,2H2,1H3. The molecule has 54 valence electrons. The van der Waals surface area contributed by atoms with E-state index in [-0.39, 0.29) is 6.10 Å². The van der Waals surface area contributed by atoms with Crippen molar-refractivity contribution in [2.75, 3.05) is 7.11 Å². The van der Waals surface area contributed by atoms with Gasteiger partial charge in [-0.15, -0.1) is 0 Å². The van der Waals surface area contributed by atoms with Crippen molar-refractivity contribution in [2.45, 2.75) is 17.8 Å². The third kappa shape index (κ3) is 1.56. The van der Waals surface area contributed by atoms with Crippen molar-refractivity contribution in [3.05, 3.63) is 0 Å². The van der Waals surface area contributed by atoms with Gasteiger partial charge in [-0.2, -0.15) is 0 Å². The van der Waals surface area contributed by atoms with Gasteiger partial charge in [0.25, 0.3) is 0 Å². The monoisotopic (exact) mass is 170 g/mol. The van der Waals surface area contributed by atoms with Crippen LogP contribution in [0, 0.1) is 0 Å². The lowest BCUT2D eigenvalue weighted by molar-refractivity contribution is 0.183. The third-order valence-corrected chi connectivity index (χ3v) is 3.25. The summed E-state index contributed by atoms with van der Waals surface area (Å²) in [5, 5.41) is -0.454. The van der Waals surface area contributed by atoms with E-state index in [0.29, 0.717) is 6.42 Å². The van der Waals surface area contributed by atoms with Crippen LogP contribution in [-0.4, -0.2) is 26.9 Å². The van der Waals surface area contributed by atoms with Crippen molar-refractivity contribution >= 4 is 19.7 Å². The van der Waals surface area contributed by atoms with Gasteiger partial charge in [0.2, 0.25) is 9.05 Å². The largest absolute Gasteiger partial charge is 0.380 e. The first-order valence-electron chi connectivity index (χ1n) is 2.52. The van der Waals surface area contributed by atoms with Crippen LogP contribution in [0.15, 0.2) is 0 Å². The van der Waals surface area contributed by atoms with E-state index in [0.717, 1.165) is 0 Å². The van der Waals surface area contributed by atoms with Gasteiger partial charge in [0, 0.05) is 17.8 Å². The number of hydrogen-bond acceptors (Lipinski definition) is 3. The Bertz CT molecular complexity index is 198. The maximum absolute atomic E-state index is 10.4. The van der Waals surface area contributed by atoms with Crippen LogP contribution in [-0.2, 0) is 13.8 Å². The van der Waals surface area contributed by atoms with Crippen LogP contribution in [0.5, 0.6) is 0 Å². The first-order valence-corrected chi connectivity index (χ1v) is 4.89. The lowest BCUT2D eigenvalue weighted by Crippen LogP contribution is -2.03. The van der Waals surface area contributed by atoms with Gasteiger partial charge in [0.1, 0.15) is 5.25 Å². The highest BCUT2D eigenvalue weighted by molar-refractivity contribution is 8.14. The van der Waals surface area contributed by atoms with Gasteiger partial charge in [-0.25, -0.2) is 8.42 Å². The summed E-state index contributed by atoms with van der Waals surface area (Å²) >= 11 is 0. The van der Waals surface area contributed by atoms with Crippen LogP contribution in [0.25, 0.3) is 0 Å². The van der Waals surface area contributed by atoms with Crippen molar-refractivity contribution < 1.29 is 13.2 Å². The number of hydrogen-bond donors (Lipinski definition) is 0. The minimum Gasteiger partial charge on any atom is -0.380 e. The fourth-order valence-corrected chi connectivity index (χ4v) is 2.15. The molecule has 0 aliphatic heterocycles. The molecule has 9 heavy (non-hydrogen) atoms. The zero-order chi connectivity index (χ0) is 7.07. The van der Waals surface area contributed by atoms with Crippen LogP contribution in [0.4, 0.5) is 0 Å². The lowest BCUT2D eigenvalue weighted by Gasteiger charge is -1.90. The fraction of sp³-hybridized carbons (Fsp3) is 1.00. The molecule has 1 fully saturated rings. The van der Waals surface area contributed by atoms with Crippen molar-refractivity contribution in [3.63, 3.8) is 0 Å². The fourth-order valence-electron chi connectivity index (χ4n) is 0.695. The molecule has 1 aliphatic carbocycles. The summed E-state index contributed by atoms with van der Waals surface area (Å²) < 4.78 is 25.6. The van der Waals surface area contributed by atoms with E-state index in [4.69, 9.17) is 15.4 Å². The van der Waals surface area contributed by atoms with Gasteiger partial charge in [-0.1, -0.05) is 0 Å². The molecule has 3 nitrogen and oxygen atoms in total. The molecule has 1 saturated carbocycles. The first-order chi connectivity index (χ1) is 4.05. The Balaban J connectivity index is 2.53. The quantitative estimate of drug-likeness (QED) is 0.562. The Morgan fingerprint density at radius 2 is 2.22 bits per heavy atom. The van der Waals surface area contributed by atoms with E-state index < -0.39 is 14.3 Å². The molecule has 0 aromatic rings. The van der Waals surface area contributed by atoms with Crippen molar-refractivity contribution in [1.82, 2.24) is 0 Å². The molecule has 5 heteroatoms. The van der Waals surface area contributed by atoms with Crippen LogP contribution >= 0.6 is 10.7 Å². The molecule has 0 amide bonds. The van der Waals surface area contributed by atoms with Gasteiger partial charge in [0.05, 0.1) is 6.10 Å². The zero-order valence-electron chi connectivity index (χ0n) is 4.87. The summed E-state index contributed by atoms with van der Waals surface area (Å²) in [4.78, 5) is 0. The van der Waals surface area contributed by atoms with Crippen molar-refractivity contribution in [3.8, 4) is 0 Å². The van der Waals surface area contributed by atoms with Crippen LogP contribution < -0.4 is 0 Å². The van der Waals surface area contributed by atoms with E-state index in [1.807, 2.05) is 0 Å². The molecule has 2 unspecified atom stereocenters. The maximum atomic E-state index is 10.4. The number of ether oxygens (including phenoxy) is 1. The van der Waals surface area contributed by atoms with E-state index in [1.54, 1.807) is 0 Å². The number of halogens is 1. The highest BCUT2D eigenvalue weighted by atomic mass is 35.7. The average Bonchev–Trinajstić information content (AvgIpc) is 2.39. The van der Waals surface area contributed by atoms with Gasteiger partial charge in [-0.05, 0) is 6.42 Å². The summed E-state index contributed by atoms with van der Waals surface area (Å²) in [6.07, 6.45) is 0.384. The van der Waals surface area contributed by atoms with Crippen molar-refractivity contribution in [1.29, 1.82) is 0 Å². The van der Waals surface area contributed by atoms with Crippen LogP contribution in [0.2, 0.25) is 0 Å². The summed E-state index contributed by atoms with van der Waals surface area (Å²) in [7, 11) is 3.13. The lowest BCUT2D eigenvalue weighted by atomic mass is 10.8. The molecule has 0 heterocycles.